The van der Waals surface area contributed by atoms with Crippen molar-refractivity contribution in [2.75, 3.05) is 40.4 Å². The molecule has 1 aromatic carbocycles. The first-order valence-electron chi connectivity index (χ1n) is 7.93. The first kappa shape index (κ1) is 17.0. The minimum atomic E-state index is -0.221. The summed E-state index contributed by atoms with van der Waals surface area (Å²) < 4.78 is 25.2. The van der Waals surface area contributed by atoms with Gasteiger partial charge in [-0.25, -0.2) is 4.39 Å². The summed E-state index contributed by atoms with van der Waals surface area (Å²) in [6, 6.07) is 3.30. The highest BCUT2D eigenvalue weighted by Crippen LogP contribution is 2.36. The van der Waals surface area contributed by atoms with E-state index in [4.69, 9.17) is 9.47 Å². The van der Waals surface area contributed by atoms with Gasteiger partial charge in [0, 0.05) is 43.9 Å². The number of hydrogen-bond donors (Lipinski definition) is 1. The molecule has 124 valence electrons. The van der Waals surface area contributed by atoms with Gasteiger partial charge in [0.1, 0.15) is 5.82 Å². The molecule has 1 atom stereocenters. The lowest BCUT2D eigenvalue weighted by atomic mass is 9.94. The minimum absolute atomic E-state index is 0.0712. The average Bonchev–Trinajstić information content (AvgIpc) is 2.53. The number of benzene rings is 1. The van der Waals surface area contributed by atoms with Gasteiger partial charge in [-0.1, -0.05) is 13.8 Å². The zero-order valence-electron chi connectivity index (χ0n) is 14.0. The first-order valence-corrected chi connectivity index (χ1v) is 7.93. The van der Waals surface area contributed by atoms with Gasteiger partial charge in [0.2, 0.25) is 0 Å². The molecule has 5 heteroatoms. The zero-order chi connectivity index (χ0) is 16.1. The van der Waals surface area contributed by atoms with E-state index in [1.807, 2.05) is 0 Å². The number of piperazine rings is 1. The van der Waals surface area contributed by atoms with Gasteiger partial charge in [-0.05, 0) is 18.4 Å². The van der Waals surface area contributed by atoms with E-state index < -0.39 is 0 Å². The van der Waals surface area contributed by atoms with Crippen LogP contribution < -0.4 is 14.8 Å². The van der Waals surface area contributed by atoms with E-state index in [9.17, 15) is 4.39 Å². The van der Waals surface area contributed by atoms with Gasteiger partial charge < -0.3 is 14.8 Å². The predicted octanol–water partition coefficient (Wildman–Crippen LogP) is 2.84. The Morgan fingerprint density at radius 3 is 2.27 bits per heavy atom. The van der Waals surface area contributed by atoms with Crippen molar-refractivity contribution in [2.45, 2.75) is 26.3 Å². The Bertz CT molecular complexity index is 488. The summed E-state index contributed by atoms with van der Waals surface area (Å²) in [4.78, 5) is 2.36. The molecule has 0 spiro atoms. The van der Waals surface area contributed by atoms with Crippen molar-refractivity contribution in [1.82, 2.24) is 10.2 Å². The molecule has 4 nitrogen and oxygen atoms in total. The highest BCUT2D eigenvalue weighted by molar-refractivity contribution is 5.44. The predicted molar refractivity (Wildman–Crippen MR) is 86.1 cm³/mol. The van der Waals surface area contributed by atoms with Gasteiger partial charge in [0.15, 0.2) is 11.5 Å². The smallest absolute Gasteiger partial charge is 0.163 e. The summed E-state index contributed by atoms with van der Waals surface area (Å²) in [5.41, 5.74) is 0.702. The minimum Gasteiger partial charge on any atom is -0.493 e. The molecule has 0 unspecified atom stereocenters. The van der Waals surface area contributed by atoms with Crippen molar-refractivity contribution < 1.29 is 13.9 Å². The monoisotopic (exact) mass is 310 g/mol. The van der Waals surface area contributed by atoms with Gasteiger partial charge in [-0.2, -0.15) is 0 Å². The second-order valence-electron chi connectivity index (χ2n) is 6.16. The molecule has 1 aliphatic rings. The molecular weight excluding hydrogens is 283 g/mol. The van der Waals surface area contributed by atoms with E-state index in [1.165, 1.54) is 13.2 Å². The van der Waals surface area contributed by atoms with Crippen LogP contribution in [0.5, 0.6) is 11.5 Å². The number of ether oxygens (including phenoxy) is 2. The van der Waals surface area contributed by atoms with Crippen LogP contribution in [-0.2, 0) is 0 Å². The Labute approximate surface area is 132 Å². The van der Waals surface area contributed by atoms with Crippen LogP contribution in [0, 0.1) is 11.7 Å². The summed E-state index contributed by atoms with van der Waals surface area (Å²) >= 11 is 0. The fraction of sp³-hybridized carbons (Fsp3) is 0.647. The Balaban J connectivity index is 2.37. The maximum absolute atomic E-state index is 14.6. The third-order valence-electron chi connectivity index (χ3n) is 4.15. The number of halogens is 1. The lowest BCUT2D eigenvalue weighted by Gasteiger charge is -2.36. The summed E-state index contributed by atoms with van der Waals surface area (Å²) in [5, 5.41) is 3.35. The SMILES string of the molecule is COc1cc(F)c([C@@H](CC(C)C)N2CCNCC2)cc1OC. The molecular formula is C17H27FN2O2. The molecule has 1 fully saturated rings. The number of hydrogen-bond acceptors (Lipinski definition) is 4. The van der Waals surface area contributed by atoms with Gasteiger partial charge in [0.25, 0.3) is 0 Å². The molecule has 1 aromatic rings. The third-order valence-corrected chi connectivity index (χ3v) is 4.15. The average molecular weight is 310 g/mol. The van der Waals surface area contributed by atoms with Crippen LogP contribution in [0.4, 0.5) is 4.39 Å². The Hall–Kier alpha value is -1.33. The lowest BCUT2D eigenvalue weighted by Crippen LogP contribution is -2.45. The van der Waals surface area contributed by atoms with Crippen LogP contribution in [0.25, 0.3) is 0 Å². The van der Waals surface area contributed by atoms with Crippen LogP contribution in [0.3, 0.4) is 0 Å². The fourth-order valence-electron chi connectivity index (χ4n) is 3.04. The summed E-state index contributed by atoms with van der Waals surface area (Å²) in [7, 11) is 3.11. The van der Waals surface area contributed by atoms with Crippen molar-refractivity contribution in [3.8, 4) is 11.5 Å². The summed E-state index contributed by atoms with van der Waals surface area (Å²) in [6.45, 7) is 8.12. The number of rotatable bonds is 6. The Morgan fingerprint density at radius 2 is 1.73 bits per heavy atom. The zero-order valence-corrected chi connectivity index (χ0v) is 14.0. The van der Waals surface area contributed by atoms with Crippen LogP contribution in [-0.4, -0.2) is 45.3 Å². The quantitative estimate of drug-likeness (QED) is 0.876. The largest absolute Gasteiger partial charge is 0.493 e. The number of methoxy groups -OCH3 is 2. The van der Waals surface area contributed by atoms with Gasteiger partial charge >= 0.3 is 0 Å². The van der Waals surface area contributed by atoms with E-state index >= 15 is 0 Å². The van der Waals surface area contributed by atoms with E-state index in [2.05, 4.69) is 24.1 Å². The topological polar surface area (TPSA) is 33.7 Å². The Kier molecular flexibility index (Phi) is 6.03. The molecule has 1 aliphatic heterocycles. The maximum atomic E-state index is 14.6. The van der Waals surface area contributed by atoms with E-state index in [-0.39, 0.29) is 11.9 Å². The molecule has 1 heterocycles. The summed E-state index contributed by atoms with van der Waals surface area (Å²) in [5.74, 6) is 1.30. The number of nitrogens with one attached hydrogen (secondary N) is 1. The van der Waals surface area contributed by atoms with E-state index in [0.29, 0.717) is 23.0 Å². The highest BCUT2D eigenvalue weighted by atomic mass is 19.1. The molecule has 0 saturated carbocycles. The molecule has 0 bridgehead atoms. The molecule has 2 rings (SSSR count). The molecule has 0 amide bonds. The Morgan fingerprint density at radius 1 is 1.14 bits per heavy atom. The van der Waals surface area contributed by atoms with Gasteiger partial charge in [-0.15, -0.1) is 0 Å². The van der Waals surface area contributed by atoms with Crippen LogP contribution in [0.2, 0.25) is 0 Å². The summed E-state index contributed by atoms with van der Waals surface area (Å²) in [6.07, 6.45) is 0.923. The van der Waals surface area contributed by atoms with E-state index in [0.717, 1.165) is 32.6 Å². The molecule has 1 saturated heterocycles. The fourth-order valence-corrected chi connectivity index (χ4v) is 3.04. The lowest BCUT2D eigenvalue weighted by molar-refractivity contribution is 0.150. The molecule has 0 aromatic heterocycles. The molecule has 22 heavy (non-hydrogen) atoms. The normalized spacial score (nSPS) is 17.5. The van der Waals surface area contributed by atoms with Crippen molar-refractivity contribution >= 4 is 0 Å². The van der Waals surface area contributed by atoms with Crippen LogP contribution >= 0.6 is 0 Å². The van der Waals surface area contributed by atoms with Crippen LogP contribution in [0.15, 0.2) is 12.1 Å². The first-order chi connectivity index (χ1) is 10.6. The van der Waals surface area contributed by atoms with Crippen molar-refractivity contribution in [1.29, 1.82) is 0 Å². The number of nitrogens with zero attached hydrogens (tertiary/aromatic N) is 1. The standard InChI is InChI=1S/C17H27FN2O2/c1-12(2)9-15(20-7-5-19-6-8-20)13-10-16(21-3)17(22-4)11-14(13)18/h10-12,15,19H,5-9H2,1-4H3/t15-/m1/s1. The molecule has 0 radical (unpaired) electrons. The van der Waals surface area contributed by atoms with Crippen molar-refractivity contribution in [2.24, 2.45) is 5.92 Å². The van der Waals surface area contributed by atoms with Crippen LogP contribution in [0.1, 0.15) is 31.9 Å². The highest BCUT2D eigenvalue weighted by Gasteiger charge is 2.27. The van der Waals surface area contributed by atoms with E-state index in [1.54, 1.807) is 13.2 Å². The van der Waals surface area contributed by atoms with Gasteiger partial charge in [-0.3, -0.25) is 4.90 Å². The van der Waals surface area contributed by atoms with Crippen molar-refractivity contribution in [3.63, 3.8) is 0 Å². The second kappa shape index (κ2) is 7.79. The molecule has 1 N–H and O–H groups in total. The second-order valence-corrected chi connectivity index (χ2v) is 6.16. The van der Waals surface area contributed by atoms with Crippen molar-refractivity contribution in [3.05, 3.63) is 23.5 Å². The molecule has 0 aliphatic carbocycles. The maximum Gasteiger partial charge on any atom is 0.163 e. The third kappa shape index (κ3) is 3.90. The van der Waals surface area contributed by atoms with Gasteiger partial charge in [0.05, 0.1) is 14.2 Å².